The summed E-state index contributed by atoms with van der Waals surface area (Å²) in [5, 5.41) is 2.97. The van der Waals surface area contributed by atoms with Gasteiger partial charge in [-0.3, -0.25) is 0 Å². The third-order valence-electron chi connectivity index (χ3n) is 2.98. The lowest BCUT2D eigenvalue weighted by Crippen LogP contribution is -2.35. The van der Waals surface area contributed by atoms with E-state index in [1.54, 1.807) is 11.8 Å². The van der Waals surface area contributed by atoms with E-state index in [2.05, 4.69) is 19.2 Å². The topological polar surface area (TPSA) is 12.0 Å². The Hall–Kier alpha value is -0.840. The summed E-state index contributed by atoms with van der Waals surface area (Å²) in [5.41, 5.74) is 0.215. The van der Waals surface area contributed by atoms with Gasteiger partial charge in [0.05, 0.1) is 5.69 Å². The largest absolute Gasteiger partial charge is 0.379 e. The predicted octanol–water partition coefficient (Wildman–Crippen LogP) is 4.05. The van der Waals surface area contributed by atoms with Crippen molar-refractivity contribution in [2.45, 2.75) is 26.3 Å². The highest BCUT2D eigenvalue weighted by Crippen LogP contribution is 2.35. The zero-order chi connectivity index (χ0) is 13.3. The molecule has 2 rings (SSSR count). The molecule has 0 radical (unpaired) electrons. The number of benzene rings is 1. The molecule has 18 heavy (non-hydrogen) atoms. The minimum atomic E-state index is -1.16. The van der Waals surface area contributed by atoms with Crippen LogP contribution in [0.1, 0.15) is 20.3 Å². The van der Waals surface area contributed by atoms with Crippen molar-refractivity contribution in [3.63, 3.8) is 0 Å². The normalized spacial score (nSPS) is 22.8. The van der Waals surface area contributed by atoms with Gasteiger partial charge in [0.1, 0.15) is 5.82 Å². The van der Waals surface area contributed by atoms with Crippen molar-refractivity contribution in [1.29, 1.82) is 0 Å². The van der Waals surface area contributed by atoms with Crippen LogP contribution in [0.2, 0.25) is 0 Å². The van der Waals surface area contributed by atoms with Crippen LogP contribution in [-0.2, 0) is 0 Å². The Kier molecular flexibility index (Phi) is 3.80. The lowest BCUT2D eigenvalue weighted by atomic mass is 9.88. The second-order valence-electron chi connectivity index (χ2n) is 5.47. The van der Waals surface area contributed by atoms with Crippen molar-refractivity contribution in [3.8, 4) is 0 Å². The van der Waals surface area contributed by atoms with E-state index >= 15 is 0 Å². The third-order valence-corrected chi connectivity index (χ3v) is 4.60. The Morgan fingerprint density at radius 3 is 2.50 bits per heavy atom. The summed E-state index contributed by atoms with van der Waals surface area (Å²) < 4.78 is 39.4. The Morgan fingerprint density at radius 1 is 1.17 bits per heavy atom. The number of rotatable bonds is 2. The molecule has 0 aromatic heterocycles. The molecule has 1 N–H and O–H groups in total. The highest BCUT2D eigenvalue weighted by atomic mass is 32.2. The molecular weight excluding hydrogens is 259 g/mol. The Labute approximate surface area is 109 Å². The van der Waals surface area contributed by atoms with Crippen LogP contribution in [0, 0.1) is 22.9 Å². The van der Waals surface area contributed by atoms with Gasteiger partial charge >= 0.3 is 0 Å². The van der Waals surface area contributed by atoms with Crippen LogP contribution < -0.4 is 5.32 Å². The van der Waals surface area contributed by atoms with Crippen molar-refractivity contribution in [3.05, 3.63) is 29.6 Å². The first-order valence-electron chi connectivity index (χ1n) is 5.86. The minimum Gasteiger partial charge on any atom is -0.379 e. The Balaban J connectivity index is 2.12. The van der Waals surface area contributed by atoms with Crippen molar-refractivity contribution in [2.75, 3.05) is 16.8 Å². The minimum absolute atomic E-state index is 0.0391. The van der Waals surface area contributed by atoms with Crippen LogP contribution in [0.25, 0.3) is 0 Å². The van der Waals surface area contributed by atoms with Crippen LogP contribution in [0.4, 0.5) is 18.9 Å². The molecule has 1 atom stereocenters. The summed E-state index contributed by atoms with van der Waals surface area (Å²) in [7, 11) is 0. The fourth-order valence-electron chi connectivity index (χ4n) is 2.21. The molecule has 1 aliphatic rings. The maximum absolute atomic E-state index is 13.5. The fourth-order valence-corrected chi connectivity index (χ4v) is 3.48. The molecule has 1 aliphatic heterocycles. The van der Waals surface area contributed by atoms with E-state index in [9.17, 15) is 13.2 Å². The molecule has 100 valence electrons. The quantitative estimate of drug-likeness (QED) is 0.817. The highest BCUT2D eigenvalue weighted by molar-refractivity contribution is 7.99. The zero-order valence-electron chi connectivity index (χ0n) is 10.4. The molecule has 1 aromatic rings. The van der Waals surface area contributed by atoms with Crippen molar-refractivity contribution >= 4 is 17.4 Å². The van der Waals surface area contributed by atoms with Gasteiger partial charge in [-0.1, -0.05) is 13.8 Å². The van der Waals surface area contributed by atoms with Crippen LogP contribution in [0.15, 0.2) is 12.1 Å². The van der Waals surface area contributed by atoms with E-state index < -0.39 is 17.5 Å². The number of thioether (sulfide) groups is 1. The predicted molar refractivity (Wildman–Crippen MR) is 69.4 cm³/mol. The van der Waals surface area contributed by atoms with Gasteiger partial charge in [0.2, 0.25) is 0 Å². The van der Waals surface area contributed by atoms with Gasteiger partial charge in [0.25, 0.3) is 0 Å². The fraction of sp³-hybridized carbons (Fsp3) is 0.538. The summed E-state index contributed by atoms with van der Waals surface area (Å²) >= 11 is 1.79. The van der Waals surface area contributed by atoms with Gasteiger partial charge in [0, 0.05) is 23.9 Å². The van der Waals surface area contributed by atoms with Crippen LogP contribution >= 0.6 is 11.8 Å². The van der Waals surface area contributed by atoms with Crippen molar-refractivity contribution < 1.29 is 13.2 Å². The molecule has 0 bridgehead atoms. The lowest BCUT2D eigenvalue weighted by molar-refractivity contribution is 0.357. The van der Waals surface area contributed by atoms with Crippen LogP contribution in [-0.4, -0.2) is 17.5 Å². The van der Waals surface area contributed by atoms with Gasteiger partial charge in [-0.05, 0) is 17.6 Å². The van der Waals surface area contributed by atoms with Gasteiger partial charge in [-0.15, -0.1) is 0 Å². The summed E-state index contributed by atoms with van der Waals surface area (Å²) in [6.45, 7) is 4.30. The van der Waals surface area contributed by atoms with E-state index in [1.807, 2.05) is 0 Å². The van der Waals surface area contributed by atoms with Gasteiger partial charge in [-0.2, -0.15) is 11.8 Å². The summed E-state index contributed by atoms with van der Waals surface area (Å²) in [6.07, 6.45) is 0.887. The molecule has 0 spiro atoms. The number of hydrogen-bond acceptors (Lipinski definition) is 2. The van der Waals surface area contributed by atoms with E-state index in [4.69, 9.17) is 0 Å². The molecule has 0 saturated carbocycles. The summed E-state index contributed by atoms with van der Waals surface area (Å²) in [4.78, 5) is 0. The molecule has 5 heteroatoms. The highest BCUT2D eigenvalue weighted by Gasteiger charge is 2.28. The number of halogens is 3. The first kappa shape index (κ1) is 13.6. The molecular formula is C13H16F3NS. The average molecular weight is 275 g/mol. The molecule has 1 unspecified atom stereocenters. The second kappa shape index (κ2) is 5.03. The molecule has 0 amide bonds. The van der Waals surface area contributed by atoms with Crippen molar-refractivity contribution in [1.82, 2.24) is 0 Å². The van der Waals surface area contributed by atoms with E-state index in [0.717, 1.165) is 24.0 Å². The van der Waals surface area contributed by atoms with E-state index in [1.165, 1.54) is 0 Å². The van der Waals surface area contributed by atoms with E-state index in [-0.39, 0.29) is 17.1 Å². The van der Waals surface area contributed by atoms with Gasteiger partial charge < -0.3 is 5.32 Å². The molecule has 1 saturated heterocycles. The first-order valence-corrected chi connectivity index (χ1v) is 7.02. The number of hydrogen-bond donors (Lipinski definition) is 1. The smallest absolute Gasteiger partial charge is 0.161 e. The Bertz CT molecular complexity index is 448. The van der Waals surface area contributed by atoms with E-state index in [0.29, 0.717) is 6.07 Å². The standard InChI is InChI=1S/C13H16F3NS/c1-13(2)5-8(6-18-7-13)17-12-4-10(15)9(14)3-11(12)16/h3-4,8,17H,5-7H2,1-2H3. The second-order valence-corrected chi connectivity index (χ2v) is 6.50. The molecule has 1 aromatic carbocycles. The number of nitrogens with one attached hydrogen (secondary N) is 1. The number of anilines is 1. The lowest BCUT2D eigenvalue weighted by Gasteiger charge is -2.35. The molecule has 1 fully saturated rings. The summed E-state index contributed by atoms with van der Waals surface area (Å²) in [6, 6.07) is 1.55. The average Bonchev–Trinajstić information content (AvgIpc) is 2.24. The van der Waals surface area contributed by atoms with Crippen LogP contribution in [0.5, 0.6) is 0 Å². The molecule has 1 nitrogen and oxygen atoms in total. The molecule has 0 aliphatic carbocycles. The van der Waals surface area contributed by atoms with Crippen molar-refractivity contribution in [2.24, 2.45) is 5.41 Å². The van der Waals surface area contributed by atoms with Crippen LogP contribution in [0.3, 0.4) is 0 Å². The molecule has 1 heterocycles. The van der Waals surface area contributed by atoms with Gasteiger partial charge in [-0.25, -0.2) is 13.2 Å². The maximum atomic E-state index is 13.5. The SMILES string of the molecule is CC1(C)CSCC(Nc2cc(F)c(F)cc2F)C1. The third kappa shape index (κ3) is 3.13. The maximum Gasteiger partial charge on any atom is 0.161 e. The monoisotopic (exact) mass is 275 g/mol. The first-order chi connectivity index (χ1) is 8.37. The van der Waals surface area contributed by atoms with Gasteiger partial charge in [0.15, 0.2) is 11.6 Å². The zero-order valence-corrected chi connectivity index (χ0v) is 11.2. The summed E-state index contributed by atoms with van der Waals surface area (Å²) in [5.74, 6) is -1.02. The Morgan fingerprint density at radius 2 is 1.83 bits per heavy atom.